The average molecular weight is 627 g/mol. The molecule has 0 aliphatic rings. The van der Waals surface area contributed by atoms with Crippen LogP contribution in [-0.4, -0.2) is 0 Å². The van der Waals surface area contributed by atoms with E-state index >= 15 is 0 Å². The molecule has 220 valence electrons. The van der Waals surface area contributed by atoms with Crippen LogP contribution in [0.5, 0.6) is 0 Å². The lowest BCUT2D eigenvalue weighted by Gasteiger charge is -2.26. The zero-order chi connectivity index (χ0) is 30.8. The Balaban J connectivity index is 1.41. The lowest BCUT2D eigenvalue weighted by Crippen LogP contribution is -2.09. The highest BCUT2D eigenvalue weighted by Crippen LogP contribution is 2.56. The van der Waals surface area contributed by atoms with E-state index in [1.165, 1.54) is 74.2 Å². The van der Waals surface area contributed by atoms with Gasteiger partial charge in [-0.1, -0.05) is 84.9 Å². The van der Waals surface area contributed by atoms with Crippen LogP contribution >= 0.6 is 22.7 Å². The summed E-state index contributed by atoms with van der Waals surface area (Å²) in [5.74, 6) is 0. The topological polar surface area (TPSA) is 6.48 Å². The van der Waals surface area contributed by atoms with Gasteiger partial charge in [-0.3, -0.25) is 0 Å². The summed E-state index contributed by atoms with van der Waals surface area (Å²) in [7, 11) is 0. The SMILES string of the molecule is Cc1cccc(N(c2ccccc2)c2sc3cccc4c5c(N(c6ccccc6)c6cccc(C)c6)sc6cccc(c2c34)c65)c1. The summed E-state index contributed by atoms with van der Waals surface area (Å²) in [6, 6.07) is 53.1. The molecule has 7 aromatic carbocycles. The van der Waals surface area contributed by atoms with Crippen LogP contribution in [0.4, 0.5) is 32.8 Å². The molecule has 2 heterocycles. The molecular formula is C42H30N2S2. The van der Waals surface area contributed by atoms with E-state index in [9.17, 15) is 0 Å². The summed E-state index contributed by atoms with van der Waals surface area (Å²) >= 11 is 3.78. The van der Waals surface area contributed by atoms with Gasteiger partial charge in [0.15, 0.2) is 0 Å². The number of hydrogen-bond donors (Lipinski definition) is 0. The summed E-state index contributed by atoms with van der Waals surface area (Å²) in [5, 5.41) is 10.4. The zero-order valence-electron chi connectivity index (χ0n) is 25.6. The van der Waals surface area contributed by atoms with Crippen molar-refractivity contribution in [1.82, 2.24) is 0 Å². The maximum atomic E-state index is 2.46. The Morgan fingerprint density at radius 1 is 0.370 bits per heavy atom. The van der Waals surface area contributed by atoms with Gasteiger partial charge in [0.2, 0.25) is 0 Å². The number of anilines is 6. The second-order valence-corrected chi connectivity index (χ2v) is 14.0. The Labute approximate surface area is 276 Å². The molecule has 2 nitrogen and oxygen atoms in total. The minimum absolute atomic E-state index is 1.16. The third-order valence-electron chi connectivity index (χ3n) is 8.89. The number of nitrogens with zero attached hydrogens (tertiary/aromatic N) is 2. The molecule has 9 aromatic rings. The minimum Gasteiger partial charge on any atom is -0.301 e. The molecule has 9 rings (SSSR count). The summed E-state index contributed by atoms with van der Waals surface area (Å²) in [4.78, 5) is 4.91. The number of hydrogen-bond acceptors (Lipinski definition) is 4. The normalized spacial score (nSPS) is 11.7. The van der Waals surface area contributed by atoms with E-state index in [0.29, 0.717) is 0 Å². The van der Waals surface area contributed by atoms with Gasteiger partial charge >= 0.3 is 0 Å². The molecule has 0 saturated heterocycles. The highest BCUT2D eigenvalue weighted by molar-refractivity contribution is 7.25. The van der Waals surface area contributed by atoms with Crippen molar-refractivity contribution < 1.29 is 0 Å². The van der Waals surface area contributed by atoms with E-state index in [1.807, 2.05) is 22.7 Å². The van der Waals surface area contributed by atoms with Gasteiger partial charge in [0.25, 0.3) is 0 Å². The van der Waals surface area contributed by atoms with Crippen molar-refractivity contribution in [3.63, 3.8) is 0 Å². The summed E-state index contributed by atoms with van der Waals surface area (Å²) < 4.78 is 2.61. The van der Waals surface area contributed by atoms with Crippen LogP contribution in [0, 0.1) is 13.8 Å². The molecular weight excluding hydrogens is 597 g/mol. The maximum absolute atomic E-state index is 2.46. The van der Waals surface area contributed by atoms with Crippen molar-refractivity contribution >= 4 is 97.1 Å². The van der Waals surface area contributed by atoms with Crippen LogP contribution in [-0.2, 0) is 0 Å². The first-order chi connectivity index (χ1) is 22.7. The van der Waals surface area contributed by atoms with Crippen LogP contribution in [0.1, 0.15) is 11.1 Å². The van der Waals surface area contributed by atoms with Gasteiger partial charge in [0, 0.05) is 53.7 Å². The number of fused-ring (bicyclic) bond motifs is 2. The summed E-state index contributed by atoms with van der Waals surface area (Å²) in [5.41, 5.74) is 7.17. The zero-order valence-corrected chi connectivity index (χ0v) is 27.2. The summed E-state index contributed by atoms with van der Waals surface area (Å²) in [6.07, 6.45) is 0. The number of para-hydroxylation sites is 2. The van der Waals surface area contributed by atoms with E-state index in [0.717, 1.165) is 11.4 Å². The fourth-order valence-electron chi connectivity index (χ4n) is 6.96. The number of aryl methyl sites for hydroxylation is 2. The van der Waals surface area contributed by atoms with Crippen molar-refractivity contribution in [3.8, 4) is 0 Å². The van der Waals surface area contributed by atoms with E-state index < -0.39 is 0 Å². The molecule has 0 radical (unpaired) electrons. The first kappa shape index (κ1) is 27.2. The van der Waals surface area contributed by atoms with Crippen molar-refractivity contribution in [2.75, 3.05) is 9.80 Å². The fraction of sp³-hybridized carbons (Fsp3) is 0.0476. The Bertz CT molecular complexity index is 2330. The van der Waals surface area contributed by atoms with Crippen molar-refractivity contribution in [2.24, 2.45) is 0 Å². The Kier molecular flexibility index (Phi) is 6.34. The predicted molar refractivity (Wildman–Crippen MR) is 202 cm³/mol. The highest BCUT2D eigenvalue weighted by atomic mass is 32.1. The first-order valence-corrected chi connectivity index (χ1v) is 17.2. The number of thiophene rings is 2. The monoisotopic (exact) mass is 626 g/mol. The van der Waals surface area contributed by atoms with E-state index in [1.54, 1.807) is 0 Å². The van der Waals surface area contributed by atoms with Crippen LogP contribution in [0.3, 0.4) is 0 Å². The fourth-order valence-corrected chi connectivity index (χ4v) is 9.53. The van der Waals surface area contributed by atoms with Gasteiger partial charge < -0.3 is 9.80 Å². The third kappa shape index (κ3) is 4.22. The van der Waals surface area contributed by atoms with Crippen LogP contribution in [0.25, 0.3) is 41.7 Å². The van der Waals surface area contributed by atoms with Crippen molar-refractivity contribution in [1.29, 1.82) is 0 Å². The standard InChI is InChI=1S/C42H30N2S2/c1-27-13-9-19-31(25-27)43(29-15-5-3-6-16-29)41-39-33-21-11-24-36-38(33)40(34-22-12-23-35(45-41)37(34)39)42(46-36)44(30-17-7-4-8-18-30)32-20-10-14-28(2)26-32/h3-26H,1-2H3. The number of benzene rings is 7. The highest BCUT2D eigenvalue weighted by Gasteiger charge is 2.28. The lowest BCUT2D eigenvalue weighted by atomic mass is 9.95. The molecule has 0 bridgehead atoms. The maximum Gasteiger partial charge on any atom is 0.109 e. The molecule has 0 saturated carbocycles. The van der Waals surface area contributed by atoms with Crippen LogP contribution in [0.2, 0.25) is 0 Å². The Hall–Kier alpha value is -5.16. The van der Waals surface area contributed by atoms with Gasteiger partial charge in [-0.05, 0) is 96.4 Å². The summed E-state index contributed by atoms with van der Waals surface area (Å²) in [6.45, 7) is 4.35. The Morgan fingerprint density at radius 3 is 1.17 bits per heavy atom. The molecule has 2 aromatic heterocycles. The number of rotatable bonds is 6. The van der Waals surface area contributed by atoms with Gasteiger partial charge in [0.05, 0.1) is 0 Å². The quantitative estimate of drug-likeness (QED) is 0.169. The molecule has 46 heavy (non-hydrogen) atoms. The first-order valence-electron chi connectivity index (χ1n) is 15.6. The van der Waals surface area contributed by atoms with Crippen LogP contribution in [0.15, 0.2) is 146 Å². The van der Waals surface area contributed by atoms with Crippen LogP contribution < -0.4 is 9.80 Å². The Morgan fingerprint density at radius 2 is 0.761 bits per heavy atom. The van der Waals surface area contributed by atoms with Crippen molar-refractivity contribution in [2.45, 2.75) is 13.8 Å². The molecule has 0 unspecified atom stereocenters. The molecule has 0 amide bonds. The molecule has 0 N–H and O–H groups in total. The second kappa shape index (κ2) is 10.7. The van der Waals surface area contributed by atoms with Gasteiger partial charge in [-0.25, -0.2) is 0 Å². The minimum atomic E-state index is 1.16. The second-order valence-electron chi connectivity index (χ2n) is 11.9. The molecule has 0 aliphatic heterocycles. The third-order valence-corrected chi connectivity index (χ3v) is 11.2. The molecule has 4 heteroatoms. The lowest BCUT2D eigenvalue weighted by molar-refractivity contribution is 1.31. The van der Waals surface area contributed by atoms with Gasteiger partial charge in [-0.2, -0.15) is 0 Å². The smallest absolute Gasteiger partial charge is 0.109 e. The molecule has 0 spiro atoms. The molecule has 0 fully saturated rings. The average Bonchev–Trinajstić information content (AvgIpc) is 3.65. The van der Waals surface area contributed by atoms with E-state index in [4.69, 9.17) is 0 Å². The van der Waals surface area contributed by atoms with E-state index in [2.05, 4.69) is 169 Å². The van der Waals surface area contributed by atoms with Crippen molar-refractivity contribution in [3.05, 3.63) is 157 Å². The van der Waals surface area contributed by atoms with E-state index in [-0.39, 0.29) is 0 Å². The molecule has 0 atom stereocenters. The van der Waals surface area contributed by atoms with Gasteiger partial charge in [0.1, 0.15) is 10.0 Å². The molecule has 0 aliphatic carbocycles. The van der Waals surface area contributed by atoms with Gasteiger partial charge in [-0.15, -0.1) is 22.7 Å². The largest absolute Gasteiger partial charge is 0.301 e. The predicted octanol–water partition coefficient (Wildman–Crippen LogP) is 13.4.